The number of nitrogens with zero attached hydrogens (tertiary/aromatic N) is 2. The quantitative estimate of drug-likeness (QED) is 0.626. The summed E-state index contributed by atoms with van der Waals surface area (Å²) in [6, 6.07) is 16.5. The second-order valence-electron chi connectivity index (χ2n) is 6.16. The maximum atomic E-state index is 13.7. The first kappa shape index (κ1) is 18.6. The van der Waals surface area contributed by atoms with Gasteiger partial charge in [-0.05, 0) is 37.1 Å². The second kappa shape index (κ2) is 8.98. The number of rotatable bonds is 8. The molecule has 0 aliphatic carbocycles. The van der Waals surface area contributed by atoms with Crippen molar-refractivity contribution in [3.63, 3.8) is 0 Å². The van der Waals surface area contributed by atoms with E-state index in [9.17, 15) is 4.39 Å². The Morgan fingerprint density at radius 3 is 2.37 bits per heavy atom. The van der Waals surface area contributed by atoms with E-state index >= 15 is 0 Å². The highest BCUT2D eigenvalue weighted by Gasteiger charge is 2.04. The Bertz CT molecular complexity index is 884. The van der Waals surface area contributed by atoms with E-state index in [0.717, 1.165) is 24.5 Å². The lowest BCUT2D eigenvalue weighted by atomic mass is 10.1. The first-order chi connectivity index (χ1) is 13.1. The molecule has 1 aromatic heterocycles. The van der Waals surface area contributed by atoms with Crippen LogP contribution in [0.4, 0.5) is 16.0 Å². The van der Waals surface area contributed by atoms with E-state index in [0.29, 0.717) is 23.8 Å². The number of benzene rings is 2. The Kier molecular flexibility index (Phi) is 6.20. The smallest absolute Gasteiger partial charge is 0.132 e. The largest absolute Gasteiger partial charge is 0.497 e. The van der Waals surface area contributed by atoms with E-state index in [1.807, 2.05) is 43.3 Å². The molecular weight excluding hydrogens is 343 g/mol. The number of anilines is 2. The molecule has 0 unspecified atom stereocenters. The highest BCUT2D eigenvalue weighted by molar-refractivity contribution is 5.48. The van der Waals surface area contributed by atoms with Crippen molar-refractivity contribution in [1.82, 2.24) is 9.97 Å². The average molecular weight is 366 g/mol. The standard InChI is InChI=1S/C21H23FN4O/c1-15-25-20(23-12-11-16-7-9-18(27-2)10-8-16)13-21(26-15)24-14-17-5-3-4-6-19(17)22/h3-10,13H,11-12,14H2,1-2H3,(H2,23,24,25,26). The fraction of sp³-hybridized carbons (Fsp3) is 0.238. The zero-order valence-electron chi connectivity index (χ0n) is 15.5. The molecule has 5 nitrogen and oxygen atoms in total. The first-order valence-electron chi connectivity index (χ1n) is 8.84. The minimum atomic E-state index is -0.228. The monoisotopic (exact) mass is 366 g/mol. The van der Waals surface area contributed by atoms with Crippen LogP contribution in [0, 0.1) is 12.7 Å². The van der Waals surface area contributed by atoms with Crippen LogP contribution in [0.2, 0.25) is 0 Å². The molecule has 0 spiro atoms. The summed E-state index contributed by atoms with van der Waals surface area (Å²) in [5, 5.41) is 6.47. The summed E-state index contributed by atoms with van der Waals surface area (Å²) >= 11 is 0. The highest BCUT2D eigenvalue weighted by atomic mass is 19.1. The molecule has 0 radical (unpaired) electrons. The molecule has 0 saturated carbocycles. The van der Waals surface area contributed by atoms with Crippen LogP contribution in [0.25, 0.3) is 0 Å². The lowest BCUT2D eigenvalue weighted by molar-refractivity contribution is 0.414. The van der Waals surface area contributed by atoms with Gasteiger partial charge in [0.2, 0.25) is 0 Å². The summed E-state index contributed by atoms with van der Waals surface area (Å²) in [6.45, 7) is 2.95. The fourth-order valence-electron chi connectivity index (χ4n) is 2.70. The zero-order valence-corrected chi connectivity index (χ0v) is 15.5. The molecule has 0 aliphatic heterocycles. The van der Waals surface area contributed by atoms with Crippen LogP contribution in [0.5, 0.6) is 5.75 Å². The minimum Gasteiger partial charge on any atom is -0.497 e. The normalized spacial score (nSPS) is 10.5. The summed E-state index contributed by atoms with van der Waals surface area (Å²) in [5.41, 5.74) is 1.81. The lowest BCUT2D eigenvalue weighted by Crippen LogP contribution is -2.10. The first-order valence-corrected chi connectivity index (χ1v) is 8.84. The molecule has 27 heavy (non-hydrogen) atoms. The average Bonchev–Trinajstić information content (AvgIpc) is 2.67. The Morgan fingerprint density at radius 2 is 1.67 bits per heavy atom. The van der Waals surface area contributed by atoms with Gasteiger partial charge in [-0.2, -0.15) is 0 Å². The highest BCUT2D eigenvalue weighted by Crippen LogP contribution is 2.15. The van der Waals surface area contributed by atoms with Gasteiger partial charge in [-0.3, -0.25) is 0 Å². The Morgan fingerprint density at radius 1 is 0.963 bits per heavy atom. The van der Waals surface area contributed by atoms with Crippen LogP contribution in [0.1, 0.15) is 17.0 Å². The van der Waals surface area contributed by atoms with Crippen LogP contribution in [-0.4, -0.2) is 23.6 Å². The molecule has 3 rings (SSSR count). The van der Waals surface area contributed by atoms with Crippen molar-refractivity contribution < 1.29 is 9.13 Å². The van der Waals surface area contributed by atoms with Crippen molar-refractivity contribution in [3.8, 4) is 5.75 Å². The minimum absolute atomic E-state index is 0.228. The molecule has 1 heterocycles. The van der Waals surface area contributed by atoms with Gasteiger partial charge in [0.15, 0.2) is 0 Å². The molecule has 2 aromatic carbocycles. The number of aromatic nitrogens is 2. The second-order valence-corrected chi connectivity index (χ2v) is 6.16. The van der Waals surface area contributed by atoms with E-state index in [4.69, 9.17) is 4.74 Å². The fourth-order valence-corrected chi connectivity index (χ4v) is 2.70. The van der Waals surface area contributed by atoms with Crippen molar-refractivity contribution in [1.29, 1.82) is 0 Å². The molecule has 0 aliphatic rings. The Hall–Kier alpha value is -3.15. The zero-order chi connectivity index (χ0) is 19.1. The van der Waals surface area contributed by atoms with Crippen molar-refractivity contribution in [2.45, 2.75) is 19.9 Å². The maximum Gasteiger partial charge on any atom is 0.132 e. The summed E-state index contributed by atoms with van der Waals surface area (Å²) in [6.07, 6.45) is 0.866. The van der Waals surface area contributed by atoms with Crippen LogP contribution < -0.4 is 15.4 Å². The molecule has 2 N–H and O–H groups in total. The molecule has 0 saturated heterocycles. The number of nitrogens with one attached hydrogen (secondary N) is 2. The van der Waals surface area contributed by atoms with Gasteiger partial charge in [0, 0.05) is 24.7 Å². The van der Waals surface area contributed by atoms with E-state index < -0.39 is 0 Å². The van der Waals surface area contributed by atoms with Crippen molar-refractivity contribution >= 4 is 11.6 Å². The number of hydrogen-bond acceptors (Lipinski definition) is 5. The molecule has 0 atom stereocenters. The number of halogens is 1. The third-order valence-electron chi connectivity index (χ3n) is 4.13. The van der Waals surface area contributed by atoms with Gasteiger partial charge in [0.05, 0.1) is 7.11 Å². The van der Waals surface area contributed by atoms with Crippen LogP contribution >= 0.6 is 0 Å². The van der Waals surface area contributed by atoms with Crippen molar-refractivity contribution in [2.24, 2.45) is 0 Å². The lowest BCUT2D eigenvalue weighted by Gasteiger charge is -2.11. The molecule has 0 fully saturated rings. The van der Waals surface area contributed by atoms with Crippen molar-refractivity contribution in [3.05, 3.63) is 77.4 Å². The summed E-state index contributed by atoms with van der Waals surface area (Å²) in [5.74, 6) is 2.68. The molecule has 6 heteroatoms. The van der Waals surface area contributed by atoms with Gasteiger partial charge in [0.1, 0.15) is 29.0 Å². The van der Waals surface area contributed by atoms with Gasteiger partial charge in [-0.25, -0.2) is 14.4 Å². The number of ether oxygens (including phenoxy) is 1. The number of hydrogen-bond donors (Lipinski definition) is 2. The van der Waals surface area contributed by atoms with E-state index in [1.54, 1.807) is 19.2 Å². The molecule has 0 bridgehead atoms. The third kappa shape index (κ3) is 5.41. The summed E-state index contributed by atoms with van der Waals surface area (Å²) < 4.78 is 18.9. The van der Waals surface area contributed by atoms with Crippen molar-refractivity contribution in [2.75, 3.05) is 24.3 Å². The maximum absolute atomic E-state index is 13.7. The number of aryl methyl sites for hydroxylation is 1. The molecule has 140 valence electrons. The van der Waals surface area contributed by atoms with Gasteiger partial charge >= 0.3 is 0 Å². The molecular formula is C21H23FN4O. The van der Waals surface area contributed by atoms with Crippen LogP contribution in [0.3, 0.4) is 0 Å². The van der Waals surface area contributed by atoms with Gasteiger partial charge in [-0.1, -0.05) is 30.3 Å². The molecule has 0 amide bonds. The Labute approximate surface area is 158 Å². The van der Waals surface area contributed by atoms with Gasteiger partial charge in [-0.15, -0.1) is 0 Å². The van der Waals surface area contributed by atoms with E-state index in [2.05, 4.69) is 20.6 Å². The Balaban J connectivity index is 1.57. The van der Waals surface area contributed by atoms with E-state index in [-0.39, 0.29) is 5.82 Å². The van der Waals surface area contributed by atoms with Crippen LogP contribution in [0.15, 0.2) is 54.6 Å². The van der Waals surface area contributed by atoms with E-state index in [1.165, 1.54) is 11.6 Å². The third-order valence-corrected chi connectivity index (χ3v) is 4.13. The van der Waals surface area contributed by atoms with Gasteiger partial charge < -0.3 is 15.4 Å². The predicted octanol–water partition coefficient (Wildman–Crippen LogP) is 4.20. The summed E-state index contributed by atoms with van der Waals surface area (Å²) in [4.78, 5) is 8.77. The molecule has 3 aromatic rings. The number of methoxy groups -OCH3 is 1. The topological polar surface area (TPSA) is 59.1 Å². The predicted molar refractivity (Wildman–Crippen MR) is 106 cm³/mol. The van der Waals surface area contributed by atoms with Gasteiger partial charge in [0.25, 0.3) is 0 Å². The SMILES string of the molecule is COc1ccc(CCNc2cc(NCc3ccccc3F)nc(C)n2)cc1. The summed E-state index contributed by atoms with van der Waals surface area (Å²) in [7, 11) is 1.66. The van der Waals surface area contributed by atoms with Crippen LogP contribution in [-0.2, 0) is 13.0 Å².